The van der Waals surface area contributed by atoms with Gasteiger partial charge in [0.2, 0.25) is 12.1 Å². The van der Waals surface area contributed by atoms with Crippen molar-refractivity contribution in [2.45, 2.75) is 25.3 Å². The number of carbonyl (C=O) groups excluding carboxylic acids is 2. The standard InChI is InChI=1S/C23H25N5O4S/c1-4-32-19-11-7-17(8-12-19)27-13-14-28-20(22(27)30)25-26-23(28)33-15(2)21(29)24-16-5-9-18(31-3)10-6-16/h5-15,20,25H,4H2,1-3H3,(H,24,29). The third kappa shape index (κ3) is 4.90. The number of benzene rings is 2. The third-order valence-corrected chi connectivity index (χ3v) is 6.14. The number of hydrazone groups is 1. The summed E-state index contributed by atoms with van der Waals surface area (Å²) in [6, 6.07) is 14.4. The van der Waals surface area contributed by atoms with Gasteiger partial charge in [0, 0.05) is 23.8 Å². The molecule has 2 aliphatic rings. The van der Waals surface area contributed by atoms with Crippen LogP contribution in [0.1, 0.15) is 13.8 Å². The molecule has 33 heavy (non-hydrogen) atoms. The number of anilines is 2. The van der Waals surface area contributed by atoms with Crippen LogP contribution >= 0.6 is 11.8 Å². The first-order chi connectivity index (χ1) is 16.0. The fourth-order valence-electron chi connectivity index (χ4n) is 3.31. The van der Waals surface area contributed by atoms with E-state index >= 15 is 0 Å². The summed E-state index contributed by atoms with van der Waals surface area (Å²) in [6.45, 7) is 4.29. The number of carbonyl (C=O) groups is 2. The molecular weight excluding hydrogens is 442 g/mol. The molecule has 4 rings (SSSR count). The normalized spacial score (nSPS) is 17.7. The van der Waals surface area contributed by atoms with Gasteiger partial charge in [0.15, 0.2) is 5.17 Å². The molecule has 0 saturated heterocycles. The van der Waals surface area contributed by atoms with Gasteiger partial charge in [0.1, 0.15) is 11.5 Å². The van der Waals surface area contributed by atoms with Gasteiger partial charge in [-0.25, -0.2) is 0 Å². The molecule has 2 N–H and O–H groups in total. The molecule has 2 atom stereocenters. The van der Waals surface area contributed by atoms with Gasteiger partial charge in [-0.05, 0) is 62.4 Å². The molecule has 2 aliphatic heterocycles. The van der Waals surface area contributed by atoms with E-state index in [0.29, 0.717) is 23.2 Å². The van der Waals surface area contributed by atoms with Gasteiger partial charge in [0.05, 0.1) is 19.0 Å². The molecular formula is C23H25N5O4S. The molecule has 0 aromatic heterocycles. The van der Waals surface area contributed by atoms with Crippen LogP contribution in [0.2, 0.25) is 0 Å². The van der Waals surface area contributed by atoms with Crippen LogP contribution in [-0.4, -0.2) is 47.0 Å². The van der Waals surface area contributed by atoms with Crippen molar-refractivity contribution in [1.82, 2.24) is 10.3 Å². The molecule has 172 valence electrons. The molecule has 0 fully saturated rings. The lowest BCUT2D eigenvalue weighted by atomic mass is 10.2. The number of hydrogen-bond acceptors (Lipinski definition) is 8. The summed E-state index contributed by atoms with van der Waals surface area (Å²) in [7, 11) is 1.59. The third-order valence-electron chi connectivity index (χ3n) is 5.06. The quantitative estimate of drug-likeness (QED) is 0.646. The van der Waals surface area contributed by atoms with Crippen molar-refractivity contribution in [1.29, 1.82) is 0 Å². The second kappa shape index (κ2) is 9.86. The van der Waals surface area contributed by atoms with E-state index in [1.807, 2.05) is 31.2 Å². The molecule has 0 spiro atoms. The summed E-state index contributed by atoms with van der Waals surface area (Å²) in [5, 5.41) is 7.28. The molecule has 2 unspecified atom stereocenters. The Balaban J connectivity index is 1.38. The molecule has 2 aromatic carbocycles. The second-order valence-corrected chi connectivity index (χ2v) is 8.55. The monoisotopic (exact) mass is 467 g/mol. The number of rotatable bonds is 7. The van der Waals surface area contributed by atoms with Crippen molar-refractivity contribution in [3.63, 3.8) is 0 Å². The van der Waals surface area contributed by atoms with Crippen LogP contribution in [-0.2, 0) is 9.59 Å². The highest BCUT2D eigenvalue weighted by Gasteiger charge is 2.39. The molecule has 9 nitrogen and oxygen atoms in total. The Bertz CT molecular complexity index is 1070. The predicted molar refractivity (Wildman–Crippen MR) is 129 cm³/mol. The van der Waals surface area contributed by atoms with Crippen molar-refractivity contribution >= 4 is 40.1 Å². The Hall–Kier alpha value is -3.66. The number of thioether (sulfide) groups is 1. The van der Waals surface area contributed by atoms with Gasteiger partial charge in [-0.2, -0.15) is 5.10 Å². The predicted octanol–water partition coefficient (Wildman–Crippen LogP) is 3.17. The van der Waals surface area contributed by atoms with Crippen molar-refractivity contribution in [3.05, 3.63) is 60.9 Å². The Kier molecular flexibility index (Phi) is 6.74. The Morgan fingerprint density at radius 3 is 2.52 bits per heavy atom. The topological polar surface area (TPSA) is 95.5 Å². The zero-order valence-corrected chi connectivity index (χ0v) is 19.3. The van der Waals surface area contributed by atoms with E-state index in [4.69, 9.17) is 9.47 Å². The van der Waals surface area contributed by atoms with Gasteiger partial charge in [0.25, 0.3) is 5.91 Å². The summed E-state index contributed by atoms with van der Waals surface area (Å²) in [6.07, 6.45) is 2.81. The van der Waals surface area contributed by atoms with E-state index < -0.39 is 11.4 Å². The zero-order valence-electron chi connectivity index (χ0n) is 18.5. The maximum atomic E-state index is 13.0. The molecule has 2 aromatic rings. The smallest absolute Gasteiger partial charge is 0.276 e. The van der Waals surface area contributed by atoms with Crippen molar-refractivity contribution < 1.29 is 19.1 Å². The van der Waals surface area contributed by atoms with E-state index in [0.717, 1.165) is 11.4 Å². The number of methoxy groups -OCH3 is 1. The minimum Gasteiger partial charge on any atom is -0.497 e. The molecule has 2 amide bonds. The summed E-state index contributed by atoms with van der Waals surface area (Å²) >= 11 is 1.27. The van der Waals surface area contributed by atoms with Crippen molar-refractivity contribution in [2.75, 3.05) is 23.9 Å². The average Bonchev–Trinajstić information content (AvgIpc) is 3.24. The highest BCUT2D eigenvalue weighted by molar-refractivity contribution is 8.14. The van der Waals surface area contributed by atoms with Crippen molar-refractivity contribution in [3.8, 4) is 11.5 Å². The molecule has 0 bridgehead atoms. The van der Waals surface area contributed by atoms with Gasteiger partial charge in [-0.1, -0.05) is 11.8 Å². The van der Waals surface area contributed by atoms with Gasteiger partial charge < -0.3 is 14.8 Å². The van der Waals surface area contributed by atoms with Crippen LogP contribution < -0.4 is 25.1 Å². The minimum absolute atomic E-state index is 0.167. The van der Waals surface area contributed by atoms with Crippen LogP contribution in [0, 0.1) is 0 Å². The highest BCUT2D eigenvalue weighted by Crippen LogP contribution is 2.29. The zero-order chi connectivity index (χ0) is 23.4. The SMILES string of the molecule is CCOc1ccc(N2C=CN3C(SC(C)C(=O)Nc4ccc(OC)cc4)=NNC3C2=O)cc1. The average molecular weight is 468 g/mol. The highest BCUT2D eigenvalue weighted by atomic mass is 32.2. The Morgan fingerprint density at radius 1 is 1.15 bits per heavy atom. The fourth-order valence-corrected chi connectivity index (χ4v) is 4.19. The summed E-state index contributed by atoms with van der Waals surface area (Å²) < 4.78 is 10.6. The van der Waals surface area contributed by atoms with Crippen LogP contribution in [0.4, 0.5) is 11.4 Å². The fraction of sp³-hybridized carbons (Fsp3) is 0.261. The maximum Gasteiger partial charge on any atom is 0.276 e. The van der Waals surface area contributed by atoms with Crippen LogP contribution in [0.5, 0.6) is 11.5 Å². The number of ether oxygens (including phenoxy) is 2. The Morgan fingerprint density at radius 2 is 1.85 bits per heavy atom. The summed E-state index contributed by atoms with van der Waals surface area (Å²) in [5.74, 6) is 1.13. The van der Waals surface area contributed by atoms with Gasteiger partial charge in [-0.15, -0.1) is 0 Å². The van der Waals surface area contributed by atoms with Crippen LogP contribution in [0.15, 0.2) is 66.0 Å². The van der Waals surface area contributed by atoms with E-state index in [1.165, 1.54) is 11.8 Å². The number of nitrogens with one attached hydrogen (secondary N) is 2. The maximum absolute atomic E-state index is 13.0. The Labute approximate surface area is 196 Å². The number of amides is 2. The van der Waals surface area contributed by atoms with Crippen molar-refractivity contribution in [2.24, 2.45) is 5.10 Å². The van der Waals surface area contributed by atoms with Gasteiger partial charge >= 0.3 is 0 Å². The number of fused-ring (bicyclic) bond motifs is 1. The number of hydrogen-bond donors (Lipinski definition) is 2. The van der Waals surface area contributed by atoms with E-state index in [9.17, 15) is 9.59 Å². The molecule has 0 saturated carbocycles. The van der Waals surface area contributed by atoms with Crippen LogP contribution in [0.3, 0.4) is 0 Å². The lowest BCUT2D eigenvalue weighted by Gasteiger charge is -2.32. The summed E-state index contributed by atoms with van der Waals surface area (Å²) in [4.78, 5) is 29.0. The van der Waals surface area contributed by atoms with Crippen LogP contribution in [0.25, 0.3) is 0 Å². The molecule has 0 aliphatic carbocycles. The summed E-state index contributed by atoms with van der Waals surface area (Å²) in [5.41, 5.74) is 4.29. The van der Waals surface area contributed by atoms with E-state index in [-0.39, 0.29) is 11.8 Å². The first-order valence-corrected chi connectivity index (χ1v) is 11.4. The first kappa shape index (κ1) is 22.5. The molecule has 10 heteroatoms. The van der Waals surface area contributed by atoms with Gasteiger partial charge in [-0.3, -0.25) is 24.8 Å². The largest absolute Gasteiger partial charge is 0.497 e. The van der Waals surface area contributed by atoms with E-state index in [2.05, 4.69) is 15.8 Å². The minimum atomic E-state index is -0.666. The van der Waals surface area contributed by atoms with E-state index in [1.54, 1.807) is 60.5 Å². The number of nitrogens with zero attached hydrogens (tertiary/aromatic N) is 3. The second-order valence-electron chi connectivity index (χ2n) is 7.24. The molecule has 0 radical (unpaired) electrons. The lowest BCUT2D eigenvalue weighted by molar-refractivity contribution is -0.122. The number of amidine groups is 1. The molecule has 2 heterocycles. The lowest BCUT2D eigenvalue weighted by Crippen LogP contribution is -2.52. The first-order valence-electron chi connectivity index (χ1n) is 10.5.